The first-order chi connectivity index (χ1) is 11.7. The lowest BCUT2D eigenvalue weighted by Crippen LogP contribution is -2.22. The van der Waals surface area contributed by atoms with Crippen LogP contribution >= 0.6 is 0 Å². The number of nitrogens with zero attached hydrogens (tertiary/aromatic N) is 2. The molecule has 1 aromatic heterocycles. The third-order valence-electron chi connectivity index (χ3n) is 4.99. The van der Waals surface area contributed by atoms with E-state index in [1.54, 1.807) is 4.57 Å². The van der Waals surface area contributed by atoms with Gasteiger partial charge < -0.3 is 0 Å². The van der Waals surface area contributed by atoms with Crippen LogP contribution in [0.5, 0.6) is 0 Å². The highest BCUT2D eigenvalue weighted by Crippen LogP contribution is 2.20. The van der Waals surface area contributed by atoms with E-state index in [1.165, 1.54) is 56.9 Å². The van der Waals surface area contributed by atoms with Crippen LogP contribution < -0.4 is 5.69 Å². The van der Waals surface area contributed by atoms with Crippen LogP contribution in [-0.2, 0) is 20.0 Å². The van der Waals surface area contributed by atoms with E-state index in [9.17, 15) is 4.79 Å². The first kappa shape index (κ1) is 18.8. The van der Waals surface area contributed by atoms with Crippen LogP contribution in [0.25, 0.3) is 11.0 Å². The van der Waals surface area contributed by atoms with Crippen molar-refractivity contribution in [3.8, 4) is 0 Å². The number of para-hydroxylation sites is 1. The Hall–Kier alpha value is -1.51. The number of aryl methyl sites for hydroxylation is 3. The number of hydrogen-bond donors (Lipinski definition) is 0. The fourth-order valence-electron chi connectivity index (χ4n) is 3.62. The molecule has 0 aliphatic rings. The third kappa shape index (κ3) is 4.52. The van der Waals surface area contributed by atoms with Gasteiger partial charge in [0.15, 0.2) is 0 Å². The molecular formula is C21H34N2O. The molecule has 0 N–H and O–H groups in total. The molecule has 0 aliphatic heterocycles. The number of rotatable bonds is 11. The summed E-state index contributed by atoms with van der Waals surface area (Å²) in [6, 6.07) is 6.37. The minimum atomic E-state index is 0.121. The van der Waals surface area contributed by atoms with Gasteiger partial charge in [0.2, 0.25) is 0 Å². The highest BCUT2D eigenvalue weighted by atomic mass is 16.1. The molecule has 0 aliphatic carbocycles. The summed E-state index contributed by atoms with van der Waals surface area (Å²) in [5.41, 5.74) is 3.69. The van der Waals surface area contributed by atoms with Crippen LogP contribution in [0.2, 0.25) is 0 Å². The van der Waals surface area contributed by atoms with E-state index in [1.807, 2.05) is 11.6 Å². The second-order valence-electron chi connectivity index (χ2n) is 7.00. The molecule has 0 bridgehead atoms. The minimum Gasteiger partial charge on any atom is -0.295 e. The summed E-state index contributed by atoms with van der Waals surface area (Å²) in [7, 11) is 1.89. The Morgan fingerprint density at radius 2 is 1.54 bits per heavy atom. The fraction of sp³-hybridized carbons (Fsp3) is 0.667. The first-order valence-corrected chi connectivity index (χ1v) is 9.87. The summed E-state index contributed by atoms with van der Waals surface area (Å²) in [6.07, 6.45) is 12.8. The highest BCUT2D eigenvalue weighted by Gasteiger charge is 2.13. The van der Waals surface area contributed by atoms with Gasteiger partial charge in [-0.15, -0.1) is 0 Å². The van der Waals surface area contributed by atoms with Gasteiger partial charge in [0.25, 0.3) is 0 Å². The van der Waals surface area contributed by atoms with Gasteiger partial charge in [-0.1, -0.05) is 70.9 Å². The van der Waals surface area contributed by atoms with Crippen LogP contribution in [0.3, 0.4) is 0 Å². The van der Waals surface area contributed by atoms with Crippen molar-refractivity contribution in [1.82, 2.24) is 9.13 Å². The molecule has 0 spiro atoms. The van der Waals surface area contributed by atoms with Gasteiger partial charge in [0.1, 0.15) is 0 Å². The SMILES string of the molecule is CCCCCCCCCCc1cccc2c1n(CCC)c(=O)n2C. The Kier molecular flexibility index (Phi) is 7.61. The molecule has 134 valence electrons. The van der Waals surface area contributed by atoms with Crippen LogP contribution in [0.1, 0.15) is 77.2 Å². The zero-order chi connectivity index (χ0) is 17.4. The molecule has 2 aromatic rings. The number of fused-ring (bicyclic) bond motifs is 1. The fourth-order valence-corrected chi connectivity index (χ4v) is 3.62. The molecule has 0 saturated carbocycles. The molecule has 0 amide bonds. The number of benzene rings is 1. The molecule has 0 saturated heterocycles. The Labute approximate surface area is 146 Å². The molecule has 0 unspecified atom stereocenters. The average Bonchev–Trinajstić information content (AvgIpc) is 2.83. The molecule has 2 rings (SSSR count). The average molecular weight is 331 g/mol. The zero-order valence-electron chi connectivity index (χ0n) is 15.8. The second kappa shape index (κ2) is 9.71. The third-order valence-corrected chi connectivity index (χ3v) is 4.99. The van der Waals surface area contributed by atoms with Crippen LogP contribution in [0.15, 0.2) is 23.0 Å². The largest absolute Gasteiger partial charge is 0.328 e. The van der Waals surface area contributed by atoms with Crippen molar-refractivity contribution in [1.29, 1.82) is 0 Å². The number of imidazole rings is 1. The maximum absolute atomic E-state index is 12.5. The van der Waals surface area contributed by atoms with E-state index in [2.05, 4.69) is 32.0 Å². The summed E-state index contributed by atoms with van der Waals surface area (Å²) in [6.45, 7) is 5.21. The monoisotopic (exact) mass is 330 g/mol. The Balaban J connectivity index is 1.97. The predicted octanol–water partition coefficient (Wildman–Crippen LogP) is 5.43. The van der Waals surface area contributed by atoms with Crippen molar-refractivity contribution in [2.75, 3.05) is 0 Å². The Bertz CT molecular complexity index is 681. The molecule has 0 radical (unpaired) electrons. The van der Waals surface area contributed by atoms with Crippen molar-refractivity contribution in [2.24, 2.45) is 7.05 Å². The maximum Gasteiger partial charge on any atom is 0.328 e. The van der Waals surface area contributed by atoms with Crippen LogP contribution in [0.4, 0.5) is 0 Å². The topological polar surface area (TPSA) is 26.9 Å². The smallest absolute Gasteiger partial charge is 0.295 e. The van der Waals surface area contributed by atoms with E-state index in [-0.39, 0.29) is 5.69 Å². The van der Waals surface area contributed by atoms with Gasteiger partial charge in [-0.3, -0.25) is 9.13 Å². The maximum atomic E-state index is 12.5. The van der Waals surface area contributed by atoms with Crippen molar-refractivity contribution in [3.63, 3.8) is 0 Å². The number of unbranched alkanes of at least 4 members (excludes halogenated alkanes) is 7. The van der Waals surface area contributed by atoms with Crippen molar-refractivity contribution in [2.45, 2.75) is 84.6 Å². The Morgan fingerprint density at radius 3 is 2.21 bits per heavy atom. The lowest BCUT2D eigenvalue weighted by atomic mass is 10.0. The molecule has 0 atom stereocenters. The molecule has 3 heteroatoms. The van der Waals surface area contributed by atoms with Gasteiger partial charge in [-0.25, -0.2) is 4.79 Å². The molecule has 0 fully saturated rings. The van der Waals surface area contributed by atoms with Gasteiger partial charge in [-0.05, 0) is 30.9 Å². The molecule has 1 aromatic carbocycles. The quantitative estimate of drug-likeness (QED) is 0.504. The van der Waals surface area contributed by atoms with Crippen LogP contribution in [-0.4, -0.2) is 9.13 Å². The predicted molar refractivity (Wildman–Crippen MR) is 104 cm³/mol. The second-order valence-corrected chi connectivity index (χ2v) is 7.00. The first-order valence-electron chi connectivity index (χ1n) is 9.87. The van der Waals surface area contributed by atoms with E-state index in [0.717, 1.165) is 30.4 Å². The van der Waals surface area contributed by atoms with E-state index >= 15 is 0 Å². The van der Waals surface area contributed by atoms with Gasteiger partial charge in [0.05, 0.1) is 11.0 Å². The molecule has 1 heterocycles. The van der Waals surface area contributed by atoms with Crippen molar-refractivity contribution in [3.05, 3.63) is 34.2 Å². The van der Waals surface area contributed by atoms with E-state index in [4.69, 9.17) is 0 Å². The van der Waals surface area contributed by atoms with Gasteiger partial charge in [-0.2, -0.15) is 0 Å². The summed E-state index contributed by atoms with van der Waals surface area (Å²) in [5.74, 6) is 0. The van der Waals surface area contributed by atoms with Crippen molar-refractivity contribution < 1.29 is 0 Å². The van der Waals surface area contributed by atoms with Crippen molar-refractivity contribution >= 4 is 11.0 Å². The number of hydrogen-bond acceptors (Lipinski definition) is 1. The molecule has 3 nitrogen and oxygen atoms in total. The normalized spacial score (nSPS) is 11.5. The summed E-state index contributed by atoms with van der Waals surface area (Å²) in [4.78, 5) is 12.5. The van der Waals surface area contributed by atoms with E-state index < -0.39 is 0 Å². The van der Waals surface area contributed by atoms with Gasteiger partial charge >= 0.3 is 5.69 Å². The summed E-state index contributed by atoms with van der Waals surface area (Å²) >= 11 is 0. The lowest BCUT2D eigenvalue weighted by molar-refractivity contribution is 0.575. The minimum absolute atomic E-state index is 0.121. The van der Waals surface area contributed by atoms with Crippen LogP contribution in [0, 0.1) is 0 Å². The summed E-state index contributed by atoms with van der Waals surface area (Å²) < 4.78 is 3.76. The van der Waals surface area contributed by atoms with E-state index in [0.29, 0.717) is 0 Å². The summed E-state index contributed by atoms with van der Waals surface area (Å²) in [5, 5.41) is 0. The molecular weight excluding hydrogens is 296 g/mol. The Morgan fingerprint density at radius 1 is 0.875 bits per heavy atom. The zero-order valence-corrected chi connectivity index (χ0v) is 15.8. The highest BCUT2D eigenvalue weighted by molar-refractivity contribution is 5.79. The standard InChI is InChI=1S/C21H34N2O/c1-4-6-7-8-9-10-11-12-14-18-15-13-16-19-20(18)23(17-5-2)21(24)22(19)3/h13,15-16H,4-12,14,17H2,1-3H3. The van der Waals surface area contributed by atoms with Gasteiger partial charge in [0, 0.05) is 13.6 Å². The number of aromatic nitrogens is 2. The molecule has 24 heavy (non-hydrogen) atoms. The lowest BCUT2D eigenvalue weighted by Gasteiger charge is -2.07.